The Balaban J connectivity index is 2.29. The van der Waals surface area contributed by atoms with Crippen LogP contribution in [0.25, 0.3) is 0 Å². The van der Waals surface area contributed by atoms with E-state index in [2.05, 4.69) is 10.1 Å². The minimum atomic E-state index is -0.960. The Kier molecular flexibility index (Phi) is 5.84. The molecule has 0 unspecified atom stereocenters. The highest BCUT2D eigenvalue weighted by Gasteiger charge is 2.28. The summed E-state index contributed by atoms with van der Waals surface area (Å²) in [6.45, 7) is 3.72. The third-order valence-electron chi connectivity index (χ3n) is 2.99. The number of carbonyl (C=O) groups is 3. The van der Waals surface area contributed by atoms with Gasteiger partial charge in [0.2, 0.25) is 0 Å². The maximum absolute atomic E-state index is 12.2. The second-order valence-electron chi connectivity index (χ2n) is 4.41. The molecule has 1 amide bonds. The van der Waals surface area contributed by atoms with Crippen molar-refractivity contribution in [3.8, 4) is 0 Å². The summed E-state index contributed by atoms with van der Waals surface area (Å²) in [6, 6.07) is 0. The average molecular weight is 343 g/mol. The second-order valence-corrected chi connectivity index (χ2v) is 6.62. The predicted octanol–water partition coefficient (Wildman–Crippen LogP) is 2.22. The third kappa shape index (κ3) is 3.61. The number of hydrogen-bond acceptors (Lipinski definition) is 7. The van der Waals surface area contributed by atoms with Crippen molar-refractivity contribution in [3.63, 3.8) is 0 Å². The average Bonchev–Trinajstić information content (AvgIpc) is 2.85. The lowest BCUT2D eigenvalue weighted by Gasteiger charge is -2.12. The van der Waals surface area contributed by atoms with Gasteiger partial charge < -0.3 is 14.8 Å². The fourth-order valence-electron chi connectivity index (χ4n) is 2.09. The van der Waals surface area contributed by atoms with Gasteiger partial charge in [-0.15, -0.1) is 11.3 Å². The first-order valence-corrected chi connectivity index (χ1v) is 8.93. The molecule has 1 aromatic rings. The molecule has 0 aromatic carbocycles. The number of anilines is 1. The molecule has 0 bridgehead atoms. The van der Waals surface area contributed by atoms with E-state index in [0.29, 0.717) is 10.6 Å². The van der Waals surface area contributed by atoms with E-state index in [1.54, 1.807) is 25.6 Å². The van der Waals surface area contributed by atoms with Crippen LogP contribution in [-0.2, 0) is 31.2 Å². The fourth-order valence-corrected chi connectivity index (χ4v) is 4.45. The van der Waals surface area contributed by atoms with E-state index >= 15 is 0 Å². The van der Waals surface area contributed by atoms with Gasteiger partial charge in [-0.05, 0) is 31.6 Å². The van der Waals surface area contributed by atoms with Crippen LogP contribution in [0, 0.1) is 0 Å². The number of nitrogens with one attached hydrogen (secondary N) is 1. The Morgan fingerprint density at radius 2 is 1.91 bits per heavy atom. The number of thioether (sulfide) groups is 1. The maximum atomic E-state index is 12.2. The van der Waals surface area contributed by atoms with Crippen molar-refractivity contribution in [1.29, 1.82) is 0 Å². The van der Waals surface area contributed by atoms with Crippen molar-refractivity contribution in [2.75, 3.05) is 24.3 Å². The lowest BCUT2D eigenvalue weighted by Crippen LogP contribution is -2.25. The number of ether oxygens (including phenoxy) is 2. The first-order valence-electron chi connectivity index (χ1n) is 6.95. The van der Waals surface area contributed by atoms with Gasteiger partial charge in [0.1, 0.15) is 5.00 Å². The summed E-state index contributed by atoms with van der Waals surface area (Å²) >= 11 is 3.09. The molecule has 2 heterocycles. The van der Waals surface area contributed by atoms with E-state index in [-0.39, 0.29) is 13.2 Å². The van der Waals surface area contributed by atoms with Crippen LogP contribution < -0.4 is 5.32 Å². The first-order chi connectivity index (χ1) is 10.6. The normalized spacial score (nSPS) is 13.2. The largest absolute Gasteiger partial charge is 0.462 e. The van der Waals surface area contributed by atoms with Gasteiger partial charge in [0.05, 0.1) is 18.8 Å². The molecule has 0 aliphatic carbocycles. The van der Waals surface area contributed by atoms with Gasteiger partial charge in [-0.1, -0.05) is 0 Å². The van der Waals surface area contributed by atoms with Gasteiger partial charge in [0.15, 0.2) is 0 Å². The quantitative estimate of drug-likeness (QED) is 0.667. The molecule has 1 aliphatic heterocycles. The van der Waals surface area contributed by atoms with Gasteiger partial charge in [-0.2, -0.15) is 11.8 Å². The van der Waals surface area contributed by atoms with Gasteiger partial charge in [-0.3, -0.25) is 4.79 Å². The molecular formula is C14H17NO5S2. The Morgan fingerprint density at radius 3 is 2.59 bits per heavy atom. The predicted molar refractivity (Wildman–Crippen MR) is 85.4 cm³/mol. The number of rotatable bonds is 4. The molecule has 8 heteroatoms. The number of fused-ring (bicyclic) bond motifs is 1. The topological polar surface area (TPSA) is 81.7 Å². The van der Waals surface area contributed by atoms with Crippen LogP contribution in [0.2, 0.25) is 0 Å². The molecule has 1 aliphatic rings. The zero-order valence-corrected chi connectivity index (χ0v) is 14.0. The monoisotopic (exact) mass is 343 g/mol. The molecule has 0 saturated heterocycles. The molecule has 1 aromatic heterocycles. The Morgan fingerprint density at radius 1 is 1.18 bits per heavy atom. The molecule has 2 rings (SSSR count). The van der Waals surface area contributed by atoms with Gasteiger partial charge in [0, 0.05) is 10.6 Å². The van der Waals surface area contributed by atoms with Crippen molar-refractivity contribution in [2.45, 2.75) is 26.0 Å². The van der Waals surface area contributed by atoms with Gasteiger partial charge >= 0.3 is 17.8 Å². The highest BCUT2D eigenvalue weighted by atomic mass is 32.2. The summed E-state index contributed by atoms with van der Waals surface area (Å²) in [5, 5.41) is 2.85. The number of esters is 2. The Hall–Kier alpha value is -1.54. The summed E-state index contributed by atoms with van der Waals surface area (Å²) in [6.07, 6.45) is 0.750. The zero-order chi connectivity index (χ0) is 16.1. The second kappa shape index (κ2) is 7.64. The lowest BCUT2D eigenvalue weighted by molar-refractivity contribution is -0.152. The minimum Gasteiger partial charge on any atom is -0.462 e. The SMILES string of the molecule is CCOC(=O)C(=O)Nc1sc2c(c1C(=O)OCC)CCSC2. The Bertz CT molecular complexity index is 596. The highest BCUT2D eigenvalue weighted by molar-refractivity contribution is 7.98. The molecule has 0 fully saturated rings. The summed E-state index contributed by atoms with van der Waals surface area (Å²) < 4.78 is 9.74. The van der Waals surface area contributed by atoms with Crippen LogP contribution >= 0.6 is 23.1 Å². The smallest absolute Gasteiger partial charge is 0.397 e. The van der Waals surface area contributed by atoms with E-state index in [9.17, 15) is 14.4 Å². The van der Waals surface area contributed by atoms with Crippen LogP contribution in [0.5, 0.6) is 0 Å². The van der Waals surface area contributed by atoms with Crippen molar-refractivity contribution >= 4 is 45.9 Å². The van der Waals surface area contributed by atoms with Crippen LogP contribution in [0.1, 0.15) is 34.6 Å². The standard InChI is InChI=1S/C14H17NO5S2/c1-3-19-13(17)10-8-5-6-21-7-9(8)22-12(10)15-11(16)14(18)20-4-2/h3-7H2,1-2H3,(H,15,16). The molecular weight excluding hydrogens is 326 g/mol. The van der Waals surface area contributed by atoms with Crippen LogP contribution in [0.3, 0.4) is 0 Å². The molecule has 0 saturated carbocycles. The van der Waals surface area contributed by atoms with Gasteiger partial charge in [-0.25, -0.2) is 9.59 Å². The third-order valence-corrected chi connectivity index (χ3v) is 5.30. The van der Waals surface area contributed by atoms with Crippen LogP contribution in [0.15, 0.2) is 0 Å². The number of hydrogen-bond donors (Lipinski definition) is 1. The van der Waals surface area contributed by atoms with Crippen molar-refractivity contribution in [2.24, 2.45) is 0 Å². The van der Waals surface area contributed by atoms with E-state index in [4.69, 9.17) is 4.74 Å². The number of carbonyl (C=O) groups excluding carboxylic acids is 3. The molecule has 22 heavy (non-hydrogen) atoms. The summed E-state index contributed by atoms with van der Waals surface area (Å²) in [4.78, 5) is 36.5. The molecule has 120 valence electrons. The fraction of sp³-hybridized carbons (Fsp3) is 0.500. The van der Waals surface area contributed by atoms with E-state index in [1.165, 1.54) is 11.3 Å². The maximum Gasteiger partial charge on any atom is 0.397 e. The Labute approximate surface area is 136 Å². The number of amides is 1. The zero-order valence-electron chi connectivity index (χ0n) is 12.4. The van der Waals surface area contributed by atoms with Crippen LogP contribution in [0.4, 0.5) is 5.00 Å². The van der Waals surface area contributed by atoms with Gasteiger partial charge in [0.25, 0.3) is 0 Å². The molecule has 0 radical (unpaired) electrons. The molecule has 6 nitrogen and oxygen atoms in total. The van der Waals surface area contributed by atoms with E-state index < -0.39 is 17.8 Å². The van der Waals surface area contributed by atoms with Crippen molar-refractivity contribution in [3.05, 3.63) is 16.0 Å². The van der Waals surface area contributed by atoms with E-state index in [0.717, 1.165) is 28.4 Å². The minimum absolute atomic E-state index is 0.120. The lowest BCUT2D eigenvalue weighted by atomic mass is 10.1. The highest BCUT2D eigenvalue weighted by Crippen LogP contribution is 2.39. The summed E-state index contributed by atoms with van der Waals surface area (Å²) in [5.74, 6) is -0.592. The summed E-state index contributed by atoms with van der Waals surface area (Å²) in [7, 11) is 0. The molecule has 0 spiro atoms. The van der Waals surface area contributed by atoms with Crippen molar-refractivity contribution < 1.29 is 23.9 Å². The van der Waals surface area contributed by atoms with Crippen LogP contribution in [-0.4, -0.2) is 36.8 Å². The van der Waals surface area contributed by atoms with Crippen molar-refractivity contribution in [1.82, 2.24) is 0 Å². The first kappa shape index (κ1) is 16.8. The molecule has 0 atom stereocenters. The number of thiophene rings is 1. The van der Waals surface area contributed by atoms with E-state index in [1.807, 2.05) is 0 Å². The summed E-state index contributed by atoms with van der Waals surface area (Å²) in [5.41, 5.74) is 1.29. The molecule has 1 N–H and O–H groups in total.